The van der Waals surface area contributed by atoms with E-state index in [1.165, 1.54) is 30.1 Å². The minimum atomic E-state index is -0.619. The van der Waals surface area contributed by atoms with Crippen LogP contribution >= 0.6 is 15.9 Å². The molecule has 0 bridgehead atoms. The normalized spacial score (nSPS) is 10.3. The van der Waals surface area contributed by atoms with E-state index < -0.39 is 10.9 Å². The van der Waals surface area contributed by atoms with Crippen molar-refractivity contribution >= 4 is 27.6 Å². The molecule has 2 rings (SSSR count). The second-order valence-corrected chi connectivity index (χ2v) is 4.72. The van der Waals surface area contributed by atoms with Gasteiger partial charge >= 0.3 is 5.97 Å². The summed E-state index contributed by atoms with van der Waals surface area (Å²) in [5.41, 5.74) is 0.357. The van der Waals surface area contributed by atoms with Crippen LogP contribution in [0.25, 0.3) is 11.4 Å². The van der Waals surface area contributed by atoms with Gasteiger partial charge in [-0.1, -0.05) is 0 Å². The van der Waals surface area contributed by atoms with Gasteiger partial charge < -0.3 is 4.74 Å². The van der Waals surface area contributed by atoms with Gasteiger partial charge in [-0.2, -0.15) is 5.10 Å². The maximum absolute atomic E-state index is 11.4. The first-order valence-electron chi connectivity index (χ1n) is 5.36. The maximum atomic E-state index is 11.4. The van der Waals surface area contributed by atoms with Crippen LogP contribution < -0.4 is 0 Å². The van der Waals surface area contributed by atoms with E-state index in [-0.39, 0.29) is 17.1 Å². The number of aryl methyl sites for hydroxylation is 1. The monoisotopic (exact) mass is 340 g/mol. The third kappa shape index (κ3) is 2.52. The zero-order valence-corrected chi connectivity index (χ0v) is 12.1. The van der Waals surface area contributed by atoms with Crippen LogP contribution in [0.5, 0.6) is 0 Å². The first-order valence-corrected chi connectivity index (χ1v) is 6.16. The molecule has 9 heteroatoms. The smallest absolute Gasteiger partial charge is 0.358 e. The van der Waals surface area contributed by atoms with Crippen molar-refractivity contribution in [3.8, 4) is 11.4 Å². The molecule has 0 unspecified atom stereocenters. The Bertz CT molecular complexity index is 698. The number of nitrogens with zero attached hydrogens (tertiary/aromatic N) is 4. The molecule has 0 aromatic carbocycles. The van der Waals surface area contributed by atoms with Crippen molar-refractivity contribution in [3.05, 3.63) is 38.6 Å². The highest BCUT2D eigenvalue weighted by molar-refractivity contribution is 9.10. The highest BCUT2D eigenvalue weighted by Crippen LogP contribution is 2.30. The quantitative estimate of drug-likeness (QED) is 0.480. The summed E-state index contributed by atoms with van der Waals surface area (Å²) in [6, 6.07) is 2.74. The Morgan fingerprint density at radius 3 is 2.80 bits per heavy atom. The number of methoxy groups -OCH3 is 1. The minimum Gasteiger partial charge on any atom is -0.464 e. The summed E-state index contributed by atoms with van der Waals surface area (Å²) < 4.78 is 6.39. The molecule has 2 aromatic rings. The lowest BCUT2D eigenvalue weighted by atomic mass is 10.2. The number of hydrogen-bond acceptors (Lipinski definition) is 6. The van der Waals surface area contributed by atoms with Crippen LogP contribution in [-0.2, 0) is 11.8 Å². The molecule has 0 aliphatic rings. The van der Waals surface area contributed by atoms with Crippen molar-refractivity contribution in [3.63, 3.8) is 0 Å². The predicted octanol–water partition coefficient (Wildman–Crippen LogP) is 1.94. The number of aromatic nitrogens is 3. The van der Waals surface area contributed by atoms with Gasteiger partial charge in [0.1, 0.15) is 0 Å². The van der Waals surface area contributed by atoms with Gasteiger partial charge in [0, 0.05) is 29.8 Å². The fourth-order valence-electron chi connectivity index (χ4n) is 1.66. The van der Waals surface area contributed by atoms with Gasteiger partial charge in [-0.15, -0.1) is 0 Å². The molecule has 0 saturated carbocycles. The van der Waals surface area contributed by atoms with Gasteiger partial charge in [0.05, 0.1) is 17.7 Å². The van der Waals surface area contributed by atoms with Crippen molar-refractivity contribution in [1.82, 2.24) is 14.8 Å². The number of halogens is 1. The summed E-state index contributed by atoms with van der Waals surface area (Å²) in [7, 11) is 2.80. The molecule has 2 heterocycles. The molecular formula is C11H9BrN4O4. The molecule has 104 valence electrons. The van der Waals surface area contributed by atoms with E-state index in [2.05, 4.69) is 30.7 Å². The Kier molecular flexibility index (Phi) is 3.79. The van der Waals surface area contributed by atoms with E-state index in [4.69, 9.17) is 0 Å². The largest absolute Gasteiger partial charge is 0.464 e. The molecule has 0 spiro atoms. The van der Waals surface area contributed by atoms with Crippen molar-refractivity contribution in [2.45, 2.75) is 0 Å². The Morgan fingerprint density at radius 1 is 1.50 bits per heavy atom. The maximum Gasteiger partial charge on any atom is 0.358 e. The first kappa shape index (κ1) is 14.1. The lowest BCUT2D eigenvalue weighted by Gasteiger charge is -2.02. The van der Waals surface area contributed by atoms with E-state index in [1.54, 1.807) is 7.05 Å². The average molecular weight is 341 g/mol. The van der Waals surface area contributed by atoms with Crippen molar-refractivity contribution in [2.75, 3.05) is 7.11 Å². The highest BCUT2D eigenvalue weighted by Gasteiger charge is 2.23. The number of rotatable bonds is 3. The predicted molar refractivity (Wildman–Crippen MR) is 72.1 cm³/mol. The molecule has 0 atom stereocenters. The lowest BCUT2D eigenvalue weighted by Crippen LogP contribution is -2.03. The van der Waals surface area contributed by atoms with Crippen LogP contribution in [0.15, 0.2) is 22.8 Å². The van der Waals surface area contributed by atoms with E-state index >= 15 is 0 Å². The molecule has 8 nitrogen and oxygen atoms in total. The standard InChI is InChI=1S/C11H9BrN4O4/c1-15-8(4-7(14-15)11(17)20-2)10-9(16(18)19)3-6(12)5-13-10/h3-5H,1-2H3. The van der Waals surface area contributed by atoms with Gasteiger partial charge in [-0.3, -0.25) is 14.8 Å². The molecule has 0 amide bonds. The van der Waals surface area contributed by atoms with Crippen molar-refractivity contribution in [1.29, 1.82) is 0 Å². The van der Waals surface area contributed by atoms with Crippen molar-refractivity contribution < 1.29 is 14.5 Å². The third-order valence-electron chi connectivity index (χ3n) is 2.55. The first-order chi connectivity index (χ1) is 9.43. The molecule has 20 heavy (non-hydrogen) atoms. The Labute approximate surface area is 121 Å². The van der Waals surface area contributed by atoms with E-state index in [0.717, 1.165) is 0 Å². The van der Waals surface area contributed by atoms with Crippen LogP contribution in [0.4, 0.5) is 5.69 Å². The van der Waals surface area contributed by atoms with Crippen LogP contribution in [-0.4, -0.2) is 32.8 Å². The van der Waals surface area contributed by atoms with Crippen LogP contribution in [0.3, 0.4) is 0 Å². The second kappa shape index (κ2) is 5.37. The molecule has 0 aliphatic carbocycles. The lowest BCUT2D eigenvalue weighted by molar-refractivity contribution is -0.384. The number of pyridine rings is 1. The van der Waals surface area contributed by atoms with Gasteiger partial charge in [0.2, 0.25) is 0 Å². The molecule has 0 saturated heterocycles. The molecule has 0 aliphatic heterocycles. The number of hydrogen-bond donors (Lipinski definition) is 0. The Hall–Kier alpha value is -2.29. The molecular weight excluding hydrogens is 332 g/mol. The molecule has 0 radical (unpaired) electrons. The summed E-state index contributed by atoms with van der Waals surface area (Å²) in [4.78, 5) is 26.0. The summed E-state index contributed by atoms with van der Waals surface area (Å²) in [6.07, 6.45) is 1.44. The van der Waals surface area contributed by atoms with Crippen LogP contribution in [0, 0.1) is 10.1 Å². The summed E-state index contributed by atoms with van der Waals surface area (Å²) in [6.45, 7) is 0. The SMILES string of the molecule is COC(=O)c1cc(-c2ncc(Br)cc2[N+](=O)[O-])n(C)n1. The van der Waals surface area contributed by atoms with Crippen LogP contribution in [0.2, 0.25) is 0 Å². The Morgan fingerprint density at radius 2 is 2.20 bits per heavy atom. The Balaban J connectivity index is 2.60. The summed E-state index contributed by atoms with van der Waals surface area (Å²) in [5, 5.41) is 15.0. The van der Waals surface area contributed by atoms with Gasteiger partial charge in [0.25, 0.3) is 5.69 Å². The minimum absolute atomic E-state index is 0.0593. The fourth-order valence-corrected chi connectivity index (χ4v) is 1.98. The van der Waals surface area contributed by atoms with Gasteiger partial charge in [0.15, 0.2) is 11.4 Å². The second-order valence-electron chi connectivity index (χ2n) is 3.81. The van der Waals surface area contributed by atoms with Crippen molar-refractivity contribution in [2.24, 2.45) is 7.05 Å². The van der Waals surface area contributed by atoms with E-state index in [9.17, 15) is 14.9 Å². The van der Waals surface area contributed by atoms with Crippen LogP contribution in [0.1, 0.15) is 10.5 Å². The molecule has 0 fully saturated rings. The number of carbonyl (C=O) groups excluding carboxylic acids is 1. The average Bonchev–Trinajstić information content (AvgIpc) is 2.79. The topological polar surface area (TPSA) is 100 Å². The molecule has 0 N–H and O–H groups in total. The number of esters is 1. The fraction of sp³-hybridized carbons (Fsp3) is 0.182. The third-order valence-corrected chi connectivity index (χ3v) is 2.98. The summed E-state index contributed by atoms with van der Waals surface area (Å²) in [5.74, 6) is -0.619. The van der Waals surface area contributed by atoms with Gasteiger partial charge in [-0.05, 0) is 15.9 Å². The van der Waals surface area contributed by atoms with E-state index in [0.29, 0.717) is 10.2 Å². The number of nitro groups is 1. The highest BCUT2D eigenvalue weighted by atomic mass is 79.9. The number of carbonyl (C=O) groups is 1. The number of ether oxygens (including phenoxy) is 1. The summed E-state index contributed by atoms with van der Waals surface area (Å²) >= 11 is 3.13. The van der Waals surface area contributed by atoms with E-state index in [1.807, 2.05) is 0 Å². The zero-order chi connectivity index (χ0) is 14.9. The van der Waals surface area contributed by atoms with Gasteiger partial charge in [-0.25, -0.2) is 9.78 Å². The zero-order valence-electron chi connectivity index (χ0n) is 10.5. The molecule has 2 aromatic heterocycles.